The van der Waals surface area contributed by atoms with Crippen molar-refractivity contribution in [2.75, 3.05) is 34.9 Å². The van der Waals surface area contributed by atoms with Crippen LogP contribution in [0.1, 0.15) is 25.8 Å². The van der Waals surface area contributed by atoms with E-state index in [1.54, 1.807) is 21.3 Å². The Morgan fingerprint density at radius 3 is 2.11 bits per heavy atom. The molecule has 1 N–H and O–H groups in total. The van der Waals surface area contributed by atoms with Crippen LogP contribution in [0.4, 0.5) is 0 Å². The van der Waals surface area contributed by atoms with Gasteiger partial charge in [-0.2, -0.15) is 0 Å². The molecule has 19 heavy (non-hydrogen) atoms. The average molecular weight is 267 g/mol. The molecule has 0 aromatic heterocycles. The number of nitrogens with one attached hydrogen (secondary N) is 1. The van der Waals surface area contributed by atoms with E-state index in [4.69, 9.17) is 14.2 Å². The Morgan fingerprint density at radius 1 is 1.00 bits per heavy atom. The molecule has 0 saturated carbocycles. The van der Waals surface area contributed by atoms with Crippen LogP contribution in [0, 0.1) is 0 Å². The Hall–Kier alpha value is -1.42. The fourth-order valence-corrected chi connectivity index (χ4v) is 2.21. The lowest BCUT2D eigenvalue weighted by Gasteiger charge is -2.28. The summed E-state index contributed by atoms with van der Waals surface area (Å²) in [7, 11) is 6.88. The van der Waals surface area contributed by atoms with Gasteiger partial charge < -0.3 is 19.5 Å². The second-order valence-corrected chi connectivity index (χ2v) is 5.12. The first-order valence-corrected chi connectivity index (χ1v) is 6.45. The minimum atomic E-state index is -0.00605. The molecule has 4 nitrogen and oxygen atoms in total. The zero-order valence-electron chi connectivity index (χ0n) is 12.8. The second-order valence-electron chi connectivity index (χ2n) is 5.12. The maximum absolute atomic E-state index is 5.55. The predicted molar refractivity (Wildman–Crippen MR) is 77.7 cm³/mol. The van der Waals surface area contributed by atoms with Gasteiger partial charge in [-0.05, 0) is 31.5 Å². The average Bonchev–Trinajstić information content (AvgIpc) is 2.43. The van der Waals surface area contributed by atoms with Gasteiger partial charge >= 0.3 is 0 Å². The first-order chi connectivity index (χ1) is 9.01. The van der Waals surface area contributed by atoms with E-state index in [1.807, 2.05) is 13.1 Å². The molecule has 0 amide bonds. The number of methoxy groups -OCH3 is 3. The molecule has 0 aliphatic heterocycles. The lowest BCUT2D eigenvalue weighted by Crippen LogP contribution is -2.24. The van der Waals surface area contributed by atoms with Crippen LogP contribution in [-0.4, -0.2) is 34.9 Å². The summed E-state index contributed by atoms with van der Waals surface area (Å²) in [6.07, 6.45) is 1.01. The third-order valence-electron chi connectivity index (χ3n) is 3.43. The van der Waals surface area contributed by atoms with Crippen LogP contribution in [0.3, 0.4) is 0 Å². The summed E-state index contributed by atoms with van der Waals surface area (Å²) in [5.74, 6) is 2.09. The molecule has 0 fully saturated rings. The summed E-state index contributed by atoms with van der Waals surface area (Å²) < 4.78 is 16.3. The Kier molecular flexibility index (Phi) is 5.48. The molecule has 1 rings (SSSR count). The standard InChI is InChI=1S/C15H25NO3/c1-15(2,9-10-16-3)11-7-8-12(17-4)14(19-6)13(11)18-5/h7-8,16H,9-10H2,1-6H3. The molecule has 0 aliphatic rings. The van der Waals surface area contributed by atoms with E-state index >= 15 is 0 Å². The van der Waals surface area contributed by atoms with Gasteiger partial charge in [0, 0.05) is 5.56 Å². The molecule has 1 aromatic carbocycles. The van der Waals surface area contributed by atoms with Gasteiger partial charge in [0.15, 0.2) is 11.5 Å². The number of hydrogen-bond donors (Lipinski definition) is 1. The molecule has 0 atom stereocenters. The van der Waals surface area contributed by atoms with Crippen molar-refractivity contribution in [2.45, 2.75) is 25.7 Å². The van der Waals surface area contributed by atoms with Crippen molar-refractivity contribution in [1.29, 1.82) is 0 Å². The van der Waals surface area contributed by atoms with Crippen molar-refractivity contribution in [3.05, 3.63) is 17.7 Å². The van der Waals surface area contributed by atoms with Gasteiger partial charge in [0.1, 0.15) is 0 Å². The SMILES string of the molecule is CNCCC(C)(C)c1ccc(OC)c(OC)c1OC. The van der Waals surface area contributed by atoms with Crippen LogP contribution in [0.2, 0.25) is 0 Å². The molecule has 0 unspecified atom stereocenters. The largest absolute Gasteiger partial charge is 0.493 e. The highest BCUT2D eigenvalue weighted by molar-refractivity contribution is 5.57. The van der Waals surface area contributed by atoms with Crippen LogP contribution >= 0.6 is 0 Å². The molecular weight excluding hydrogens is 242 g/mol. The topological polar surface area (TPSA) is 39.7 Å². The van der Waals surface area contributed by atoms with Crippen LogP contribution in [0.15, 0.2) is 12.1 Å². The molecule has 0 heterocycles. The molecule has 108 valence electrons. The third kappa shape index (κ3) is 3.32. The minimum absolute atomic E-state index is 0.00605. The van der Waals surface area contributed by atoms with Gasteiger partial charge in [0.25, 0.3) is 0 Å². The summed E-state index contributed by atoms with van der Waals surface area (Å²) in [6, 6.07) is 3.98. The Morgan fingerprint density at radius 2 is 1.63 bits per heavy atom. The molecule has 0 bridgehead atoms. The molecule has 0 saturated heterocycles. The summed E-state index contributed by atoms with van der Waals surface area (Å²) >= 11 is 0. The molecular formula is C15H25NO3. The zero-order valence-corrected chi connectivity index (χ0v) is 12.8. The molecule has 0 radical (unpaired) electrons. The Balaban J connectivity index is 3.27. The van der Waals surface area contributed by atoms with Crippen LogP contribution in [0.5, 0.6) is 17.2 Å². The summed E-state index contributed by atoms with van der Waals surface area (Å²) in [4.78, 5) is 0. The number of ether oxygens (including phenoxy) is 3. The molecule has 4 heteroatoms. The van der Waals surface area contributed by atoms with Gasteiger partial charge in [0.2, 0.25) is 5.75 Å². The normalized spacial score (nSPS) is 11.3. The Labute approximate surface area is 116 Å². The molecule has 1 aromatic rings. The fraction of sp³-hybridized carbons (Fsp3) is 0.600. The van der Waals surface area contributed by atoms with Crippen molar-refractivity contribution < 1.29 is 14.2 Å². The van der Waals surface area contributed by atoms with Gasteiger partial charge in [0.05, 0.1) is 21.3 Å². The van der Waals surface area contributed by atoms with Crippen LogP contribution in [0.25, 0.3) is 0 Å². The van der Waals surface area contributed by atoms with Crippen LogP contribution < -0.4 is 19.5 Å². The lowest BCUT2D eigenvalue weighted by atomic mass is 9.80. The van der Waals surface area contributed by atoms with Crippen molar-refractivity contribution in [1.82, 2.24) is 5.32 Å². The van der Waals surface area contributed by atoms with Gasteiger partial charge in [-0.25, -0.2) is 0 Å². The first kappa shape index (κ1) is 15.6. The van der Waals surface area contributed by atoms with Crippen molar-refractivity contribution in [2.24, 2.45) is 0 Å². The highest BCUT2D eigenvalue weighted by atomic mass is 16.5. The summed E-state index contributed by atoms with van der Waals surface area (Å²) in [5.41, 5.74) is 1.12. The smallest absolute Gasteiger partial charge is 0.203 e. The van der Waals surface area contributed by atoms with Gasteiger partial charge in [-0.3, -0.25) is 0 Å². The van der Waals surface area contributed by atoms with Crippen molar-refractivity contribution in [3.63, 3.8) is 0 Å². The zero-order chi connectivity index (χ0) is 14.5. The van der Waals surface area contributed by atoms with Crippen LogP contribution in [-0.2, 0) is 5.41 Å². The summed E-state index contributed by atoms with van der Waals surface area (Å²) in [6.45, 7) is 5.35. The quantitative estimate of drug-likeness (QED) is 0.824. The maximum Gasteiger partial charge on any atom is 0.203 e. The van der Waals surface area contributed by atoms with E-state index in [-0.39, 0.29) is 5.41 Å². The van der Waals surface area contributed by atoms with Gasteiger partial charge in [-0.1, -0.05) is 19.9 Å². The lowest BCUT2D eigenvalue weighted by molar-refractivity contribution is 0.315. The highest BCUT2D eigenvalue weighted by Gasteiger charge is 2.27. The number of rotatable bonds is 7. The van der Waals surface area contributed by atoms with Gasteiger partial charge in [-0.15, -0.1) is 0 Å². The highest BCUT2D eigenvalue weighted by Crippen LogP contribution is 2.45. The number of benzene rings is 1. The first-order valence-electron chi connectivity index (χ1n) is 6.45. The second kappa shape index (κ2) is 6.66. The van der Waals surface area contributed by atoms with E-state index in [1.165, 1.54) is 0 Å². The van der Waals surface area contributed by atoms with Crippen molar-refractivity contribution in [3.8, 4) is 17.2 Å². The molecule has 0 aliphatic carbocycles. The minimum Gasteiger partial charge on any atom is -0.493 e. The maximum atomic E-state index is 5.55. The fourth-order valence-electron chi connectivity index (χ4n) is 2.21. The monoisotopic (exact) mass is 267 g/mol. The Bertz CT molecular complexity index is 416. The van der Waals surface area contributed by atoms with Crippen molar-refractivity contribution >= 4 is 0 Å². The van der Waals surface area contributed by atoms with E-state index in [9.17, 15) is 0 Å². The van der Waals surface area contributed by atoms with E-state index < -0.39 is 0 Å². The van der Waals surface area contributed by atoms with E-state index in [0.29, 0.717) is 11.5 Å². The van der Waals surface area contributed by atoms with E-state index in [0.717, 1.165) is 24.3 Å². The predicted octanol–water partition coefficient (Wildman–Crippen LogP) is 2.60. The third-order valence-corrected chi connectivity index (χ3v) is 3.43. The number of hydrogen-bond acceptors (Lipinski definition) is 4. The summed E-state index contributed by atoms with van der Waals surface area (Å²) in [5, 5.41) is 3.19. The molecule has 0 spiro atoms. The van der Waals surface area contributed by atoms with E-state index in [2.05, 4.69) is 25.2 Å².